The topological polar surface area (TPSA) is 90.0 Å². The van der Waals surface area contributed by atoms with E-state index in [1.54, 1.807) is 42.2 Å². The maximum absolute atomic E-state index is 12.2. The van der Waals surface area contributed by atoms with Crippen molar-refractivity contribution in [2.45, 2.75) is 31.3 Å². The molecule has 2 rings (SSSR count). The van der Waals surface area contributed by atoms with Crippen LogP contribution in [0.15, 0.2) is 41.6 Å². The third-order valence-corrected chi connectivity index (χ3v) is 4.52. The molecule has 0 aliphatic rings. The first-order valence-corrected chi connectivity index (χ1v) is 7.73. The van der Waals surface area contributed by atoms with Gasteiger partial charge in [0.2, 0.25) is 10.0 Å². The van der Waals surface area contributed by atoms with Gasteiger partial charge in [-0.05, 0) is 37.6 Å². The third-order valence-electron chi connectivity index (χ3n) is 2.94. The Morgan fingerprint density at radius 1 is 1.45 bits per heavy atom. The van der Waals surface area contributed by atoms with Crippen LogP contribution >= 0.6 is 0 Å². The van der Waals surface area contributed by atoms with E-state index in [2.05, 4.69) is 9.82 Å². The normalized spacial score (nSPS) is 13.3. The molecule has 0 radical (unpaired) electrons. The number of aryl methyl sites for hydroxylation is 1. The van der Waals surface area contributed by atoms with Crippen LogP contribution in [0.4, 0.5) is 5.69 Å². The van der Waals surface area contributed by atoms with E-state index >= 15 is 0 Å². The number of hydrogen-bond acceptors (Lipinski definition) is 4. The highest BCUT2D eigenvalue weighted by molar-refractivity contribution is 7.89. The number of nitrogens with one attached hydrogen (secondary N) is 1. The van der Waals surface area contributed by atoms with Crippen LogP contribution in [0.2, 0.25) is 0 Å². The summed E-state index contributed by atoms with van der Waals surface area (Å²) >= 11 is 0. The SMILES string of the molecule is Cc1ccc(S(=O)(=O)NC(C)Cn2cccn2)cc1N. The van der Waals surface area contributed by atoms with Crippen LogP contribution in [0.25, 0.3) is 0 Å². The minimum atomic E-state index is -3.57. The van der Waals surface area contributed by atoms with Gasteiger partial charge in [-0.15, -0.1) is 0 Å². The highest BCUT2D eigenvalue weighted by Crippen LogP contribution is 2.17. The molecule has 0 fully saturated rings. The maximum atomic E-state index is 12.2. The summed E-state index contributed by atoms with van der Waals surface area (Å²) in [5.74, 6) is 0. The molecule has 0 spiro atoms. The standard InChI is InChI=1S/C13H18N4O2S/c1-10-4-5-12(8-13(10)14)20(18,19)16-11(2)9-17-7-3-6-15-17/h3-8,11,16H,9,14H2,1-2H3. The van der Waals surface area contributed by atoms with Crippen molar-refractivity contribution in [1.29, 1.82) is 0 Å². The lowest BCUT2D eigenvalue weighted by molar-refractivity contribution is 0.494. The van der Waals surface area contributed by atoms with Gasteiger partial charge in [0, 0.05) is 24.1 Å². The number of nitrogens with two attached hydrogens (primary N) is 1. The van der Waals surface area contributed by atoms with Gasteiger partial charge in [0.15, 0.2) is 0 Å². The van der Waals surface area contributed by atoms with Gasteiger partial charge in [-0.1, -0.05) is 6.07 Å². The van der Waals surface area contributed by atoms with Crippen LogP contribution in [0.1, 0.15) is 12.5 Å². The van der Waals surface area contributed by atoms with E-state index in [1.165, 1.54) is 6.07 Å². The van der Waals surface area contributed by atoms with Gasteiger partial charge in [0.05, 0.1) is 11.4 Å². The van der Waals surface area contributed by atoms with Crippen molar-refractivity contribution in [3.8, 4) is 0 Å². The lowest BCUT2D eigenvalue weighted by atomic mass is 10.2. The molecule has 0 amide bonds. The van der Waals surface area contributed by atoms with Gasteiger partial charge >= 0.3 is 0 Å². The quantitative estimate of drug-likeness (QED) is 0.809. The number of hydrogen-bond donors (Lipinski definition) is 2. The summed E-state index contributed by atoms with van der Waals surface area (Å²) in [7, 11) is -3.57. The van der Waals surface area contributed by atoms with Crippen molar-refractivity contribution in [3.05, 3.63) is 42.2 Å². The van der Waals surface area contributed by atoms with Gasteiger partial charge in [-0.2, -0.15) is 5.10 Å². The second-order valence-electron chi connectivity index (χ2n) is 4.77. The van der Waals surface area contributed by atoms with Crippen molar-refractivity contribution in [2.75, 3.05) is 5.73 Å². The van der Waals surface area contributed by atoms with Gasteiger partial charge in [-0.25, -0.2) is 13.1 Å². The summed E-state index contributed by atoms with van der Waals surface area (Å²) in [5, 5.41) is 4.05. The summed E-state index contributed by atoms with van der Waals surface area (Å²) in [4.78, 5) is 0.174. The van der Waals surface area contributed by atoms with Crippen molar-refractivity contribution in [1.82, 2.24) is 14.5 Å². The summed E-state index contributed by atoms with van der Waals surface area (Å²) in [5.41, 5.74) is 7.07. The minimum Gasteiger partial charge on any atom is -0.398 e. The zero-order valence-corrected chi connectivity index (χ0v) is 12.3. The first-order chi connectivity index (χ1) is 9.38. The molecule has 1 heterocycles. The fourth-order valence-corrected chi connectivity index (χ4v) is 3.11. The first-order valence-electron chi connectivity index (χ1n) is 6.24. The summed E-state index contributed by atoms with van der Waals surface area (Å²) in [6.45, 7) is 4.09. The average molecular weight is 294 g/mol. The zero-order chi connectivity index (χ0) is 14.8. The van der Waals surface area contributed by atoms with E-state index in [1.807, 2.05) is 6.92 Å². The Kier molecular flexibility index (Phi) is 4.10. The fourth-order valence-electron chi connectivity index (χ4n) is 1.84. The minimum absolute atomic E-state index is 0.174. The fraction of sp³-hybridized carbons (Fsp3) is 0.308. The zero-order valence-electron chi connectivity index (χ0n) is 11.4. The predicted molar refractivity (Wildman–Crippen MR) is 77.6 cm³/mol. The molecule has 2 aromatic rings. The van der Waals surface area contributed by atoms with E-state index in [0.29, 0.717) is 12.2 Å². The molecule has 1 unspecified atom stereocenters. The highest BCUT2D eigenvalue weighted by atomic mass is 32.2. The second-order valence-corrected chi connectivity index (χ2v) is 6.48. The van der Waals surface area contributed by atoms with E-state index in [4.69, 9.17) is 5.73 Å². The van der Waals surface area contributed by atoms with Crippen LogP contribution in [0, 0.1) is 6.92 Å². The number of nitrogens with zero attached hydrogens (tertiary/aromatic N) is 2. The van der Waals surface area contributed by atoms with Crippen LogP contribution in [0.5, 0.6) is 0 Å². The smallest absolute Gasteiger partial charge is 0.240 e. The molecular formula is C13H18N4O2S. The second kappa shape index (κ2) is 5.64. The molecule has 1 atom stereocenters. The number of nitrogen functional groups attached to an aromatic ring is 1. The number of aromatic nitrogens is 2. The van der Waals surface area contributed by atoms with Gasteiger partial charge in [0.25, 0.3) is 0 Å². The molecule has 0 saturated heterocycles. The Morgan fingerprint density at radius 3 is 2.80 bits per heavy atom. The lowest BCUT2D eigenvalue weighted by Gasteiger charge is -2.15. The molecule has 3 N–H and O–H groups in total. The number of benzene rings is 1. The molecule has 108 valence electrons. The summed E-state index contributed by atoms with van der Waals surface area (Å²) in [6.07, 6.45) is 3.44. The molecule has 20 heavy (non-hydrogen) atoms. The maximum Gasteiger partial charge on any atom is 0.240 e. The van der Waals surface area contributed by atoms with Crippen molar-refractivity contribution in [3.63, 3.8) is 0 Å². The molecule has 0 aliphatic heterocycles. The van der Waals surface area contributed by atoms with Gasteiger partial charge in [0.1, 0.15) is 0 Å². The molecule has 0 saturated carbocycles. The summed E-state index contributed by atoms with van der Waals surface area (Å²) in [6, 6.07) is 6.24. The molecule has 1 aromatic heterocycles. The average Bonchev–Trinajstić information content (AvgIpc) is 2.84. The number of anilines is 1. The van der Waals surface area contributed by atoms with Crippen molar-refractivity contribution in [2.24, 2.45) is 0 Å². The monoisotopic (exact) mass is 294 g/mol. The van der Waals surface area contributed by atoms with Crippen LogP contribution in [-0.2, 0) is 16.6 Å². The van der Waals surface area contributed by atoms with Gasteiger partial charge in [-0.3, -0.25) is 4.68 Å². The molecular weight excluding hydrogens is 276 g/mol. The van der Waals surface area contributed by atoms with Crippen LogP contribution in [-0.4, -0.2) is 24.2 Å². The largest absolute Gasteiger partial charge is 0.398 e. The van der Waals surface area contributed by atoms with E-state index in [0.717, 1.165) is 5.56 Å². The Hall–Kier alpha value is -1.86. The lowest BCUT2D eigenvalue weighted by Crippen LogP contribution is -2.35. The molecule has 1 aromatic carbocycles. The Morgan fingerprint density at radius 2 is 2.20 bits per heavy atom. The van der Waals surface area contributed by atoms with Crippen molar-refractivity contribution < 1.29 is 8.42 Å². The highest BCUT2D eigenvalue weighted by Gasteiger charge is 2.18. The molecule has 0 bridgehead atoms. The van der Waals surface area contributed by atoms with E-state index in [9.17, 15) is 8.42 Å². The Labute approximate surface area is 118 Å². The van der Waals surface area contributed by atoms with Crippen LogP contribution < -0.4 is 10.5 Å². The third kappa shape index (κ3) is 3.37. The predicted octanol–water partition coefficient (Wildman–Crippen LogP) is 1.14. The Bertz CT molecular complexity index is 680. The Balaban J connectivity index is 2.12. The van der Waals surface area contributed by atoms with Crippen molar-refractivity contribution >= 4 is 15.7 Å². The number of rotatable bonds is 5. The van der Waals surface area contributed by atoms with E-state index in [-0.39, 0.29) is 10.9 Å². The molecule has 6 nitrogen and oxygen atoms in total. The summed E-state index contributed by atoms with van der Waals surface area (Å²) < 4.78 is 28.8. The molecule has 7 heteroatoms. The van der Waals surface area contributed by atoms with E-state index < -0.39 is 10.0 Å². The van der Waals surface area contributed by atoms with Gasteiger partial charge < -0.3 is 5.73 Å². The van der Waals surface area contributed by atoms with Crippen LogP contribution in [0.3, 0.4) is 0 Å². The molecule has 0 aliphatic carbocycles. The first kappa shape index (κ1) is 14.5. The number of sulfonamides is 1.